The molecule has 0 spiro atoms. The first-order valence-corrected chi connectivity index (χ1v) is 6.96. The Morgan fingerprint density at radius 2 is 1.84 bits per heavy atom. The van der Waals surface area contributed by atoms with E-state index < -0.39 is 6.10 Å². The van der Waals surface area contributed by atoms with Crippen molar-refractivity contribution in [1.29, 1.82) is 0 Å². The van der Waals surface area contributed by atoms with Crippen LogP contribution in [0.2, 0.25) is 5.02 Å². The van der Waals surface area contributed by atoms with Crippen LogP contribution < -0.4 is 15.2 Å². The largest absolute Gasteiger partial charge is 0.493 e. The van der Waals surface area contributed by atoms with Crippen LogP contribution in [0.15, 0.2) is 12.1 Å². The second-order valence-electron chi connectivity index (χ2n) is 4.18. The fourth-order valence-electron chi connectivity index (χ4n) is 1.77. The molecule has 1 rings (SSSR count). The highest BCUT2D eigenvalue weighted by Crippen LogP contribution is 2.33. The molecule has 0 saturated carbocycles. The van der Waals surface area contributed by atoms with E-state index in [-0.39, 0.29) is 6.54 Å². The molecule has 0 aliphatic heterocycles. The first-order valence-electron chi connectivity index (χ1n) is 6.58. The molecule has 0 amide bonds. The van der Waals surface area contributed by atoms with Crippen molar-refractivity contribution in [3.05, 3.63) is 22.7 Å². The van der Waals surface area contributed by atoms with Gasteiger partial charge in [0, 0.05) is 12.6 Å². The number of benzene rings is 1. The van der Waals surface area contributed by atoms with Gasteiger partial charge in [-0.05, 0) is 38.3 Å². The van der Waals surface area contributed by atoms with E-state index in [0.717, 1.165) is 11.3 Å². The zero-order valence-corrected chi connectivity index (χ0v) is 12.2. The van der Waals surface area contributed by atoms with Crippen molar-refractivity contribution in [3.63, 3.8) is 0 Å². The quantitative estimate of drug-likeness (QED) is 0.770. The Balaban J connectivity index is 2.91. The van der Waals surface area contributed by atoms with Gasteiger partial charge >= 0.3 is 0 Å². The SMILES string of the molecule is CCOc1cc(OCC)c(CCC(O)CN)cc1Cl. The first-order chi connectivity index (χ1) is 9.12. The van der Waals surface area contributed by atoms with Gasteiger partial charge in [-0.2, -0.15) is 0 Å². The molecule has 0 radical (unpaired) electrons. The van der Waals surface area contributed by atoms with Crippen molar-refractivity contribution in [3.8, 4) is 11.5 Å². The molecular formula is C14H22ClNO3. The summed E-state index contributed by atoms with van der Waals surface area (Å²) in [6.45, 7) is 5.21. The molecule has 0 saturated heterocycles. The number of ether oxygens (including phenoxy) is 2. The molecule has 0 aliphatic rings. The molecule has 0 fully saturated rings. The van der Waals surface area contributed by atoms with E-state index in [2.05, 4.69) is 0 Å². The zero-order valence-electron chi connectivity index (χ0n) is 11.5. The molecule has 1 aromatic rings. The monoisotopic (exact) mass is 287 g/mol. The van der Waals surface area contributed by atoms with Crippen molar-refractivity contribution in [2.45, 2.75) is 32.8 Å². The van der Waals surface area contributed by atoms with E-state index in [1.807, 2.05) is 19.9 Å². The van der Waals surface area contributed by atoms with Crippen molar-refractivity contribution < 1.29 is 14.6 Å². The maximum Gasteiger partial charge on any atom is 0.141 e. The number of hydrogen-bond acceptors (Lipinski definition) is 4. The van der Waals surface area contributed by atoms with Crippen LogP contribution in [-0.4, -0.2) is 31.0 Å². The average molecular weight is 288 g/mol. The molecule has 19 heavy (non-hydrogen) atoms. The molecule has 0 aromatic heterocycles. The van der Waals surface area contributed by atoms with Crippen molar-refractivity contribution >= 4 is 11.6 Å². The van der Waals surface area contributed by atoms with E-state index in [9.17, 15) is 5.11 Å². The highest BCUT2D eigenvalue weighted by Gasteiger charge is 2.12. The number of aliphatic hydroxyl groups is 1. The number of aryl methyl sites for hydroxylation is 1. The highest BCUT2D eigenvalue weighted by molar-refractivity contribution is 6.32. The van der Waals surface area contributed by atoms with Crippen molar-refractivity contribution in [1.82, 2.24) is 0 Å². The molecule has 1 aromatic carbocycles. The Kier molecular flexibility index (Phi) is 6.99. The van der Waals surface area contributed by atoms with Gasteiger partial charge in [-0.25, -0.2) is 0 Å². The van der Waals surface area contributed by atoms with E-state index in [4.69, 9.17) is 26.8 Å². The van der Waals surface area contributed by atoms with E-state index in [1.54, 1.807) is 6.07 Å². The minimum absolute atomic E-state index is 0.259. The predicted molar refractivity (Wildman–Crippen MR) is 77.2 cm³/mol. The summed E-state index contributed by atoms with van der Waals surface area (Å²) in [6, 6.07) is 3.64. The molecule has 3 N–H and O–H groups in total. The second kappa shape index (κ2) is 8.25. The van der Waals surface area contributed by atoms with Gasteiger partial charge in [0.2, 0.25) is 0 Å². The van der Waals surface area contributed by atoms with E-state index in [0.29, 0.717) is 36.8 Å². The summed E-state index contributed by atoms with van der Waals surface area (Å²) in [4.78, 5) is 0. The fraction of sp³-hybridized carbons (Fsp3) is 0.571. The van der Waals surface area contributed by atoms with Gasteiger partial charge in [-0.15, -0.1) is 0 Å². The lowest BCUT2D eigenvalue weighted by molar-refractivity contribution is 0.172. The number of nitrogens with two attached hydrogens (primary N) is 1. The summed E-state index contributed by atoms with van der Waals surface area (Å²) >= 11 is 6.16. The fourth-order valence-corrected chi connectivity index (χ4v) is 2.01. The smallest absolute Gasteiger partial charge is 0.141 e. The third kappa shape index (κ3) is 4.90. The summed E-state index contributed by atoms with van der Waals surface area (Å²) in [7, 11) is 0. The number of rotatable bonds is 8. The summed E-state index contributed by atoms with van der Waals surface area (Å²) in [5.41, 5.74) is 6.36. The zero-order chi connectivity index (χ0) is 14.3. The van der Waals surface area contributed by atoms with Gasteiger partial charge in [0.15, 0.2) is 0 Å². The van der Waals surface area contributed by atoms with Crippen LogP contribution in [0.4, 0.5) is 0 Å². The average Bonchev–Trinajstić information content (AvgIpc) is 2.40. The van der Waals surface area contributed by atoms with Gasteiger partial charge in [0.05, 0.1) is 24.3 Å². The molecule has 1 atom stereocenters. The Morgan fingerprint density at radius 1 is 1.21 bits per heavy atom. The van der Waals surface area contributed by atoms with Crippen LogP contribution in [0.25, 0.3) is 0 Å². The number of aliphatic hydroxyl groups excluding tert-OH is 1. The Labute approximate surface area is 119 Å². The lowest BCUT2D eigenvalue weighted by Crippen LogP contribution is -2.20. The first kappa shape index (κ1) is 16.1. The minimum Gasteiger partial charge on any atom is -0.493 e. The molecule has 4 nitrogen and oxygen atoms in total. The molecule has 108 valence electrons. The van der Waals surface area contributed by atoms with Crippen molar-refractivity contribution in [2.75, 3.05) is 19.8 Å². The van der Waals surface area contributed by atoms with Crippen LogP contribution in [-0.2, 0) is 6.42 Å². The molecule has 0 heterocycles. The molecular weight excluding hydrogens is 266 g/mol. The van der Waals surface area contributed by atoms with Crippen LogP contribution in [0, 0.1) is 0 Å². The van der Waals surface area contributed by atoms with Gasteiger partial charge < -0.3 is 20.3 Å². The molecule has 5 heteroatoms. The molecule has 0 aliphatic carbocycles. The molecule has 1 unspecified atom stereocenters. The lowest BCUT2D eigenvalue weighted by atomic mass is 10.1. The Bertz CT molecular complexity index is 399. The van der Waals surface area contributed by atoms with Gasteiger partial charge in [0.1, 0.15) is 11.5 Å². The Morgan fingerprint density at radius 3 is 2.42 bits per heavy atom. The predicted octanol–water partition coefficient (Wildman–Crippen LogP) is 2.39. The summed E-state index contributed by atoms with van der Waals surface area (Å²) < 4.78 is 11.0. The second-order valence-corrected chi connectivity index (χ2v) is 4.59. The van der Waals surface area contributed by atoms with Gasteiger partial charge in [-0.1, -0.05) is 11.6 Å². The standard InChI is InChI=1S/C14H22ClNO3/c1-3-18-13-8-14(19-4-2)12(15)7-10(13)5-6-11(17)9-16/h7-8,11,17H,3-6,9,16H2,1-2H3. The molecule has 0 bridgehead atoms. The summed E-state index contributed by atoms with van der Waals surface area (Å²) in [5.74, 6) is 1.37. The minimum atomic E-state index is -0.500. The van der Waals surface area contributed by atoms with Gasteiger partial charge in [-0.3, -0.25) is 0 Å². The van der Waals surface area contributed by atoms with Crippen LogP contribution >= 0.6 is 11.6 Å². The topological polar surface area (TPSA) is 64.7 Å². The summed E-state index contributed by atoms with van der Waals surface area (Å²) in [5, 5.41) is 10.1. The Hall–Kier alpha value is -0.970. The summed E-state index contributed by atoms with van der Waals surface area (Å²) in [6.07, 6.45) is 0.751. The van der Waals surface area contributed by atoms with Crippen LogP contribution in [0.1, 0.15) is 25.8 Å². The van der Waals surface area contributed by atoms with Crippen LogP contribution in [0.3, 0.4) is 0 Å². The number of hydrogen-bond donors (Lipinski definition) is 2. The van der Waals surface area contributed by atoms with Crippen molar-refractivity contribution in [2.24, 2.45) is 5.73 Å². The van der Waals surface area contributed by atoms with Gasteiger partial charge in [0.25, 0.3) is 0 Å². The number of halogens is 1. The third-order valence-corrected chi connectivity index (χ3v) is 3.03. The maximum absolute atomic E-state index is 9.52. The maximum atomic E-state index is 9.52. The normalized spacial score (nSPS) is 12.3. The lowest BCUT2D eigenvalue weighted by Gasteiger charge is -2.15. The van der Waals surface area contributed by atoms with Crippen LogP contribution in [0.5, 0.6) is 11.5 Å². The van der Waals surface area contributed by atoms with E-state index >= 15 is 0 Å². The van der Waals surface area contributed by atoms with E-state index in [1.165, 1.54) is 0 Å². The third-order valence-electron chi connectivity index (χ3n) is 2.73. The highest BCUT2D eigenvalue weighted by atomic mass is 35.5.